The Morgan fingerprint density at radius 2 is 2.00 bits per heavy atom. The van der Waals surface area contributed by atoms with Crippen LogP contribution in [0.5, 0.6) is 0 Å². The number of carbonyl (C=O) groups is 2. The number of nitrogens with one attached hydrogen (secondary N) is 2. The Hall–Kier alpha value is -3.39. The Balaban J connectivity index is 1.55. The predicted molar refractivity (Wildman–Crippen MR) is 107 cm³/mol. The van der Waals surface area contributed by atoms with Crippen molar-refractivity contribution in [2.75, 3.05) is 37.0 Å². The first-order valence-corrected chi connectivity index (χ1v) is 9.08. The lowest BCUT2D eigenvalue weighted by Crippen LogP contribution is -2.27. The summed E-state index contributed by atoms with van der Waals surface area (Å²) >= 11 is 0. The molecule has 0 spiro atoms. The van der Waals surface area contributed by atoms with E-state index in [1.54, 1.807) is 36.3 Å². The zero-order chi connectivity index (χ0) is 19.5. The van der Waals surface area contributed by atoms with Gasteiger partial charge in [0.05, 0.1) is 17.6 Å². The van der Waals surface area contributed by atoms with Crippen molar-refractivity contribution < 1.29 is 14.3 Å². The molecule has 3 aromatic rings. The molecule has 0 atom stereocenters. The number of para-hydroxylation sites is 2. The second kappa shape index (κ2) is 7.69. The fourth-order valence-electron chi connectivity index (χ4n) is 3.26. The van der Waals surface area contributed by atoms with Crippen LogP contribution in [0.2, 0.25) is 0 Å². The summed E-state index contributed by atoms with van der Waals surface area (Å²) in [6.07, 6.45) is 0. The number of rotatable bonds is 6. The highest BCUT2D eigenvalue weighted by Gasteiger charge is 2.21. The van der Waals surface area contributed by atoms with Crippen molar-refractivity contribution in [2.45, 2.75) is 6.54 Å². The lowest BCUT2D eigenvalue weighted by atomic mass is 10.2. The number of ether oxygens (including phenoxy) is 1. The zero-order valence-electron chi connectivity index (χ0n) is 15.5. The Morgan fingerprint density at radius 3 is 2.71 bits per heavy atom. The highest BCUT2D eigenvalue weighted by molar-refractivity contribution is 6.04. The van der Waals surface area contributed by atoms with Crippen LogP contribution in [0, 0.1) is 0 Å². The number of imidazole rings is 1. The number of hydrogen-bond donors (Lipinski definition) is 2. The normalized spacial score (nSPS) is 13.8. The molecule has 28 heavy (non-hydrogen) atoms. The number of benzene rings is 2. The number of nitrogens with zero attached hydrogens (tertiary/aromatic N) is 3. The number of amides is 3. The van der Waals surface area contributed by atoms with E-state index < -0.39 is 0 Å². The van der Waals surface area contributed by atoms with Gasteiger partial charge >= 0.3 is 6.03 Å². The van der Waals surface area contributed by atoms with E-state index in [0.29, 0.717) is 37.8 Å². The van der Waals surface area contributed by atoms with Gasteiger partial charge < -0.3 is 14.6 Å². The molecule has 0 aliphatic carbocycles. The quantitative estimate of drug-likeness (QED) is 0.689. The Kier molecular flexibility index (Phi) is 4.94. The summed E-state index contributed by atoms with van der Waals surface area (Å²) in [6.45, 7) is 2.33. The molecule has 1 fully saturated rings. The average Bonchev–Trinajstić information content (AvgIpc) is 3.29. The molecule has 0 radical (unpaired) electrons. The van der Waals surface area contributed by atoms with Crippen LogP contribution in [0.25, 0.3) is 11.0 Å². The zero-order valence-corrected chi connectivity index (χ0v) is 15.5. The van der Waals surface area contributed by atoms with E-state index in [1.807, 2.05) is 28.8 Å². The first-order chi connectivity index (χ1) is 13.7. The van der Waals surface area contributed by atoms with Crippen LogP contribution in [0.15, 0.2) is 48.5 Å². The van der Waals surface area contributed by atoms with Crippen LogP contribution in [0.1, 0.15) is 10.4 Å². The van der Waals surface area contributed by atoms with E-state index in [4.69, 9.17) is 4.74 Å². The van der Waals surface area contributed by atoms with Gasteiger partial charge in [-0.25, -0.2) is 9.78 Å². The standard InChI is InChI=1S/C20H21N5O3/c1-28-13-12-25-17-5-3-2-4-16(17)22-19(25)23-18(26)14-6-8-15(9-7-14)24-11-10-21-20(24)27/h2-9H,10-13H2,1H3,(H,21,27)(H,22,23,26). The summed E-state index contributed by atoms with van der Waals surface area (Å²) < 4.78 is 7.11. The third-order valence-corrected chi connectivity index (χ3v) is 4.70. The summed E-state index contributed by atoms with van der Waals surface area (Å²) in [7, 11) is 1.64. The number of carbonyl (C=O) groups excluding carboxylic acids is 2. The van der Waals surface area contributed by atoms with E-state index in [2.05, 4.69) is 15.6 Å². The summed E-state index contributed by atoms with van der Waals surface area (Å²) in [6, 6.07) is 14.6. The van der Waals surface area contributed by atoms with E-state index in [0.717, 1.165) is 16.7 Å². The van der Waals surface area contributed by atoms with E-state index >= 15 is 0 Å². The first-order valence-electron chi connectivity index (χ1n) is 9.08. The molecule has 0 unspecified atom stereocenters. The maximum atomic E-state index is 12.7. The van der Waals surface area contributed by atoms with Gasteiger partial charge in [0.15, 0.2) is 0 Å². The van der Waals surface area contributed by atoms with Gasteiger partial charge in [0, 0.05) is 38.0 Å². The van der Waals surface area contributed by atoms with E-state index in [1.165, 1.54) is 0 Å². The molecule has 4 rings (SSSR count). The van der Waals surface area contributed by atoms with Gasteiger partial charge in [-0.05, 0) is 36.4 Å². The lowest BCUT2D eigenvalue weighted by Gasteiger charge is -2.14. The Labute approximate surface area is 162 Å². The second-order valence-electron chi connectivity index (χ2n) is 6.45. The maximum Gasteiger partial charge on any atom is 0.321 e. The van der Waals surface area contributed by atoms with Gasteiger partial charge in [0.2, 0.25) is 5.95 Å². The lowest BCUT2D eigenvalue weighted by molar-refractivity contribution is 0.102. The number of methoxy groups -OCH3 is 1. The van der Waals surface area contributed by atoms with Crippen LogP contribution in [0.4, 0.5) is 16.4 Å². The molecule has 3 amide bonds. The molecular weight excluding hydrogens is 358 g/mol. The molecule has 144 valence electrons. The van der Waals surface area contributed by atoms with Crippen LogP contribution in [-0.2, 0) is 11.3 Å². The Bertz CT molecular complexity index is 1010. The van der Waals surface area contributed by atoms with Crippen molar-refractivity contribution in [3.8, 4) is 0 Å². The number of aromatic nitrogens is 2. The molecule has 8 nitrogen and oxygen atoms in total. The predicted octanol–water partition coefficient (Wildman–Crippen LogP) is 2.46. The van der Waals surface area contributed by atoms with Crippen LogP contribution in [-0.4, -0.2) is 48.3 Å². The number of anilines is 2. The Morgan fingerprint density at radius 1 is 1.21 bits per heavy atom. The van der Waals surface area contributed by atoms with Crippen molar-refractivity contribution in [2.24, 2.45) is 0 Å². The monoisotopic (exact) mass is 379 g/mol. The SMILES string of the molecule is COCCn1c(NC(=O)c2ccc(N3CCNC3=O)cc2)nc2ccccc21. The summed E-state index contributed by atoms with van der Waals surface area (Å²) in [4.78, 5) is 30.7. The fraction of sp³-hybridized carbons (Fsp3) is 0.250. The van der Waals surface area contributed by atoms with Crippen LogP contribution >= 0.6 is 0 Å². The van der Waals surface area contributed by atoms with Crippen LogP contribution in [0.3, 0.4) is 0 Å². The largest absolute Gasteiger partial charge is 0.383 e. The van der Waals surface area contributed by atoms with Crippen molar-refractivity contribution in [1.82, 2.24) is 14.9 Å². The average molecular weight is 379 g/mol. The molecule has 0 saturated carbocycles. The highest BCUT2D eigenvalue weighted by Crippen LogP contribution is 2.21. The summed E-state index contributed by atoms with van der Waals surface area (Å²) in [5.41, 5.74) is 3.00. The van der Waals surface area contributed by atoms with Gasteiger partial charge in [-0.2, -0.15) is 0 Å². The van der Waals surface area contributed by atoms with Gasteiger partial charge in [-0.3, -0.25) is 15.0 Å². The molecular formula is C20H21N5O3. The molecule has 2 heterocycles. The molecule has 1 aromatic heterocycles. The molecule has 1 aliphatic heterocycles. The van der Waals surface area contributed by atoms with Crippen molar-refractivity contribution in [1.29, 1.82) is 0 Å². The fourth-order valence-corrected chi connectivity index (χ4v) is 3.26. The third-order valence-electron chi connectivity index (χ3n) is 4.70. The number of hydrogen-bond acceptors (Lipinski definition) is 4. The third kappa shape index (κ3) is 3.41. The van der Waals surface area contributed by atoms with E-state index in [9.17, 15) is 9.59 Å². The smallest absolute Gasteiger partial charge is 0.321 e. The van der Waals surface area contributed by atoms with Gasteiger partial charge in [0.1, 0.15) is 0 Å². The molecule has 1 saturated heterocycles. The summed E-state index contributed by atoms with van der Waals surface area (Å²) in [5.74, 6) is 0.220. The van der Waals surface area contributed by atoms with Crippen molar-refractivity contribution in [3.63, 3.8) is 0 Å². The maximum absolute atomic E-state index is 12.7. The molecule has 8 heteroatoms. The summed E-state index contributed by atoms with van der Waals surface area (Å²) in [5, 5.41) is 5.65. The van der Waals surface area contributed by atoms with Gasteiger partial charge in [-0.15, -0.1) is 0 Å². The molecule has 2 N–H and O–H groups in total. The number of fused-ring (bicyclic) bond motifs is 1. The van der Waals surface area contributed by atoms with Crippen molar-refractivity contribution in [3.05, 3.63) is 54.1 Å². The topological polar surface area (TPSA) is 88.5 Å². The molecule has 0 bridgehead atoms. The minimum Gasteiger partial charge on any atom is -0.383 e. The van der Waals surface area contributed by atoms with Gasteiger partial charge in [0.25, 0.3) is 5.91 Å². The first kappa shape index (κ1) is 18.0. The molecule has 1 aliphatic rings. The molecule has 2 aromatic carbocycles. The highest BCUT2D eigenvalue weighted by atomic mass is 16.5. The van der Waals surface area contributed by atoms with Gasteiger partial charge in [-0.1, -0.05) is 12.1 Å². The van der Waals surface area contributed by atoms with Crippen LogP contribution < -0.4 is 15.5 Å². The second-order valence-corrected chi connectivity index (χ2v) is 6.45. The minimum absolute atomic E-state index is 0.121. The van der Waals surface area contributed by atoms with E-state index in [-0.39, 0.29) is 11.9 Å². The minimum atomic E-state index is -0.258. The van der Waals surface area contributed by atoms with Crippen molar-refractivity contribution >= 4 is 34.6 Å². The number of urea groups is 1.